The molecule has 5 nitrogen and oxygen atoms in total. The first-order chi connectivity index (χ1) is 7.34. The number of fused-ring (bicyclic) bond motifs is 2. The van der Waals surface area contributed by atoms with Gasteiger partial charge in [0.15, 0.2) is 6.10 Å². The van der Waals surface area contributed by atoms with Crippen molar-refractivity contribution < 1.29 is 24.2 Å². The number of ether oxygens (including phenoxy) is 2. The van der Waals surface area contributed by atoms with Gasteiger partial charge in [0.2, 0.25) is 0 Å². The summed E-state index contributed by atoms with van der Waals surface area (Å²) in [4.78, 5) is 22.5. The molecular weight excluding hydrogens is 212 g/mol. The molecule has 0 aromatic carbocycles. The number of hydrogen-bond acceptors (Lipinski definition) is 5. The molecule has 0 spiro atoms. The minimum Gasteiger partial charge on any atom is -0.458 e. The number of carbonyl (C=O) groups is 2. The van der Waals surface area contributed by atoms with Crippen molar-refractivity contribution in [3.05, 3.63) is 0 Å². The normalized spacial score (nSPS) is 46.4. The van der Waals surface area contributed by atoms with Gasteiger partial charge in [-0.15, -0.1) is 0 Å². The predicted molar refractivity (Wildman–Crippen MR) is 53.3 cm³/mol. The largest absolute Gasteiger partial charge is 0.458 e. The average molecular weight is 228 g/mol. The Bertz CT molecular complexity index is 335. The zero-order valence-electron chi connectivity index (χ0n) is 9.60. The maximum atomic E-state index is 11.6. The first-order valence-electron chi connectivity index (χ1n) is 5.44. The van der Waals surface area contributed by atoms with Gasteiger partial charge in [-0.2, -0.15) is 0 Å². The summed E-state index contributed by atoms with van der Waals surface area (Å²) in [6, 6.07) is 0. The van der Waals surface area contributed by atoms with E-state index in [0.29, 0.717) is 6.42 Å². The van der Waals surface area contributed by atoms with Crippen molar-refractivity contribution in [3.8, 4) is 0 Å². The Morgan fingerprint density at radius 1 is 1.62 bits per heavy atom. The topological polar surface area (TPSA) is 72.8 Å². The molecule has 5 heteroatoms. The third-order valence-electron chi connectivity index (χ3n) is 3.53. The van der Waals surface area contributed by atoms with E-state index in [4.69, 9.17) is 9.47 Å². The van der Waals surface area contributed by atoms with Crippen LogP contribution in [0.25, 0.3) is 0 Å². The van der Waals surface area contributed by atoms with Crippen molar-refractivity contribution in [2.24, 2.45) is 11.8 Å². The van der Waals surface area contributed by atoms with Crippen LogP contribution in [0.2, 0.25) is 0 Å². The SMILES string of the molecule is CC(=O)O[C@@H]1C[C@H](C)[C@@H]2C(=O)O[C@H]1[C@]2(C)O. The lowest BCUT2D eigenvalue weighted by Gasteiger charge is -2.39. The maximum absolute atomic E-state index is 11.6. The third kappa shape index (κ3) is 1.50. The Morgan fingerprint density at radius 3 is 2.81 bits per heavy atom. The zero-order valence-corrected chi connectivity index (χ0v) is 9.60. The summed E-state index contributed by atoms with van der Waals surface area (Å²) in [7, 11) is 0. The van der Waals surface area contributed by atoms with Gasteiger partial charge in [0.25, 0.3) is 0 Å². The molecule has 90 valence electrons. The van der Waals surface area contributed by atoms with E-state index in [2.05, 4.69) is 0 Å². The molecule has 1 aliphatic heterocycles. The second kappa shape index (κ2) is 3.45. The van der Waals surface area contributed by atoms with Gasteiger partial charge in [-0.1, -0.05) is 6.92 Å². The molecule has 0 aromatic heterocycles. The quantitative estimate of drug-likeness (QED) is 0.651. The smallest absolute Gasteiger partial charge is 0.312 e. The van der Waals surface area contributed by atoms with E-state index in [-0.39, 0.29) is 5.92 Å². The van der Waals surface area contributed by atoms with Crippen LogP contribution in [0.4, 0.5) is 0 Å². The van der Waals surface area contributed by atoms with Gasteiger partial charge in [0.05, 0.1) is 5.92 Å². The van der Waals surface area contributed by atoms with Crippen molar-refractivity contribution in [1.29, 1.82) is 0 Å². The summed E-state index contributed by atoms with van der Waals surface area (Å²) < 4.78 is 10.2. The molecule has 1 aliphatic carbocycles. The molecule has 1 heterocycles. The minimum atomic E-state index is -1.24. The molecule has 16 heavy (non-hydrogen) atoms. The molecule has 2 fully saturated rings. The van der Waals surface area contributed by atoms with Crippen LogP contribution in [-0.2, 0) is 19.1 Å². The minimum absolute atomic E-state index is 0.0504. The Labute approximate surface area is 93.7 Å². The van der Waals surface area contributed by atoms with E-state index in [1.165, 1.54) is 6.92 Å². The molecule has 2 aliphatic rings. The van der Waals surface area contributed by atoms with Crippen molar-refractivity contribution in [3.63, 3.8) is 0 Å². The fourth-order valence-corrected chi connectivity index (χ4v) is 2.94. The summed E-state index contributed by atoms with van der Waals surface area (Å²) in [5.74, 6) is -1.37. The van der Waals surface area contributed by atoms with Crippen molar-refractivity contribution in [2.45, 2.75) is 45.0 Å². The summed E-state index contributed by atoms with van der Waals surface area (Å²) in [6.45, 7) is 4.74. The maximum Gasteiger partial charge on any atom is 0.312 e. The Kier molecular flexibility index (Phi) is 2.45. The number of esters is 2. The third-order valence-corrected chi connectivity index (χ3v) is 3.53. The average Bonchev–Trinajstić information content (AvgIpc) is 2.24. The van der Waals surface area contributed by atoms with Crippen LogP contribution in [0.3, 0.4) is 0 Å². The standard InChI is InChI=1S/C11H16O5/c1-5-4-7(15-6(2)12)9-11(3,14)8(5)10(13)16-9/h5,7-9,14H,4H2,1-3H3/t5-,7+,8+,9+,11+/m0/s1. The lowest BCUT2D eigenvalue weighted by atomic mass is 9.70. The molecule has 0 unspecified atom stereocenters. The molecule has 2 rings (SSSR count). The zero-order chi connectivity index (χ0) is 12.1. The van der Waals surface area contributed by atoms with Gasteiger partial charge in [-0.05, 0) is 19.3 Å². The van der Waals surface area contributed by atoms with Crippen molar-refractivity contribution in [1.82, 2.24) is 0 Å². The van der Waals surface area contributed by atoms with Gasteiger partial charge in [0.1, 0.15) is 11.7 Å². The summed E-state index contributed by atoms with van der Waals surface area (Å²) in [6.07, 6.45) is -0.716. The van der Waals surface area contributed by atoms with E-state index >= 15 is 0 Å². The van der Waals surface area contributed by atoms with E-state index in [9.17, 15) is 14.7 Å². The van der Waals surface area contributed by atoms with Crippen LogP contribution >= 0.6 is 0 Å². The second-order valence-corrected chi connectivity index (χ2v) is 4.92. The molecule has 1 saturated carbocycles. The van der Waals surface area contributed by atoms with Gasteiger partial charge < -0.3 is 14.6 Å². The molecular formula is C11H16O5. The summed E-state index contributed by atoms with van der Waals surface area (Å²) >= 11 is 0. The highest BCUT2D eigenvalue weighted by atomic mass is 16.6. The van der Waals surface area contributed by atoms with Gasteiger partial charge in [-0.3, -0.25) is 9.59 Å². The van der Waals surface area contributed by atoms with E-state index < -0.39 is 35.7 Å². The van der Waals surface area contributed by atoms with E-state index in [1.807, 2.05) is 6.92 Å². The molecule has 0 radical (unpaired) electrons. The molecule has 5 atom stereocenters. The Morgan fingerprint density at radius 2 is 2.25 bits per heavy atom. The predicted octanol–water partition coefficient (Wildman–Crippen LogP) is 0.251. The fraction of sp³-hybridized carbons (Fsp3) is 0.818. The molecule has 0 aromatic rings. The monoisotopic (exact) mass is 228 g/mol. The molecule has 0 amide bonds. The molecule has 2 bridgehead atoms. The summed E-state index contributed by atoms with van der Waals surface area (Å²) in [5.41, 5.74) is -1.24. The van der Waals surface area contributed by atoms with Gasteiger partial charge in [0, 0.05) is 6.92 Å². The van der Waals surface area contributed by atoms with Gasteiger partial charge in [-0.25, -0.2) is 0 Å². The van der Waals surface area contributed by atoms with Crippen LogP contribution in [0.5, 0.6) is 0 Å². The number of hydrogen-bond donors (Lipinski definition) is 1. The molecule has 1 N–H and O–H groups in total. The Balaban J connectivity index is 2.28. The fourth-order valence-electron chi connectivity index (χ4n) is 2.94. The number of carbonyl (C=O) groups excluding carboxylic acids is 2. The van der Waals surface area contributed by atoms with Crippen molar-refractivity contribution in [2.75, 3.05) is 0 Å². The van der Waals surface area contributed by atoms with Gasteiger partial charge >= 0.3 is 11.9 Å². The Hall–Kier alpha value is -1.10. The lowest BCUT2D eigenvalue weighted by Crippen LogP contribution is -2.55. The van der Waals surface area contributed by atoms with Crippen LogP contribution in [0.15, 0.2) is 0 Å². The van der Waals surface area contributed by atoms with Crippen molar-refractivity contribution >= 4 is 11.9 Å². The highest BCUT2D eigenvalue weighted by molar-refractivity contribution is 5.78. The first-order valence-corrected chi connectivity index (χ1v) is 5.44. The second-order valence-electron chi connectivity index (χ2n) is 4.92. The summed E-state index contributed by atoms with van der Waals surface area (Å²) in [5, 5.41) is 10.3. The highest BCUT2D eigenvalue weighted by Crippen LogP contribution is 2.46. The number of rotatable bonds is 1. The highest BCUT2D eigenvalue weighted by Gasteiger charge is 2.62. The van der Waals surface area contributed by atoms with E-state index in [1.54, 1.807) is 6.92 Å². The number of aliphatic hydroxyl groups is 1. The molecule has 1 saturated heterocycles. The van der Waals surface area contributed by atoms with E-state index in [0.717, 1.165) is 0 Å². The van der Waals surface area contributed by atoms with Crippen LogP contribution < -0.4 is 0 Å². The lowest BCUT2D eigenvalue weighted by molar-refractivity contribution is -0.173. The van der Waals surface area contributed by atoms with Crippen LogP contribution in [-0.4, -0.2) is 34.9 Å². The van der Waals surface area contributed by atoms with Crippen LogP contribution in [0, 0.1) is 11.8 Å². The first kappa shape index (κ1) is 11.4. The van der Waals surface area contributed by atoms with Crippen LogP contribution in [0.1, 0.15) is 27.2 Å².